The lowest BCUT2D eigenvalue weighted by molar-refractivity contribution is -0.139. The molecule has 0 saturated heterocycles. The van der Waals surface area contributed by atoms with Gasteiger partial charge in [0.2, 0.25) is 0 Å². The molecule has 0 radical (unpaired) electrons. The molecule has 2 rings (SSSR count). The molecule has 23 heavy (non-hydrogen) atoms. The lowest BCUT2D eigenvalue weighted by Gasteiger charge is -2.16. The first-order valence-corrected chi connectivity index (χ1v) is 7.66. The summed E-state index contributed by atoms with van der Waals surface area (Å²) in [5, 5.41) is 11.5. The molecule has 0 aromatic heterocycles. The van der Waals surface area contributed by atoms with Crippen molar-refractivity contribution in [2.45, 2.75) is 12.5 Å². The largest absolute Gasteiger partial charge is 0.480 e. The van der Waals surface area contributed by atoms with E-state index in [9.17, 15) is 14.0 Å². The number of benzene rings is 2. The van der Waals surface area contributed by atoms with Crippen molar-refractivity contribution in [2.75, 3.05) is 5.75 Å². The van der Waals surface area contributed by atoms with E-state index in [1.165, 1.54) is 12.1 Å². The van der Waals surface area contributed by atoms with E-state index in [-0.39, 0.29) is 12.0 Å². The second kappa shape index (κ2) is 7.78. The molecular formula is C17H16FNO3S. The molecule has 120 valence electrons. The van der Waals surface area contributed by atoms with Gasteiger partial charge in [0.05, 0.1) is 5.56 Å². The van der Waals surface area contributed by atoms with Gasteiger partial charge in [0.15, 0.2) is 0 Å². The number of carboxylic acid groups (broad SMARTS) is 1. The number of aliphatic carboxylic acids is 1. The van der Waals surface area contributed by atoms with Crippen LogP contribution in [0.15, 0.2) is 48.5 Å². The highest BCUT2D eigenvalue weighted by Gasteiger charge is 2.24. The SMILES string of the molecule is O=C(N[C@@H](CCS)C(=O)O)c1c(F)cccc1-c1ccccc1. The van der Waals surface area contributed by atoms with Crippen molar-refractivity contribution < 1.29 is 19.1 Å². The Morgan fingerprint density at radius 2 is 1.83 bits per heavy atom. The van der Waals surface area contributed by atoms with E-state index in [2.05, 4.69) is 17.9 Å². The van der Waals surface area contributed by atoms with Crippen molar-refractivity contribution in [1.29, 1.82) is 0 Å². The monoisotopic (exact) mass is 333 g/mol. The summed E-state index contributed by atoms with van der Waals surface area (Å²) in [6.07, 6.45) is 0.152. The summed E-state index contributed by atoms with van der Waals surface area (Å²) in [6, 6.07) is 12.1. The number of nitrogens with one attached hydrogen (secondary N) is 1. The first-order valence-electron chi connectivity index (χ1n) is 7.03. The number of carbonyl (C=O) groups is 2. The highest BCUT2D eigenvalue weighted by Crippen LogP contribution is 2.25. The van der Waals surface area contributed by atoms with Crippen molar-refractivity contribution in [1.82, 2.24) is 5.32 Å². The Bertz CT molecular complexity index is 706. The predicted octanol–water partition coefficient (Wildman–Crippen LogP) is 3.00. The zero-order valence-corrected chi connectivity index (χ0v) is 13.1. The number of halogens is 1. The standard InChI is InChI=1S/C17H16FNO3S/c18-13-8-4-7-12(11-5-2-1-3-6-11)15(13)16(20)19-14(9-10-23)17(21)22/h1-8,14,23H,9-10H2,(H,19,20)(H,21,22)/t14-/m0/s1. The quantitative estimate of drug-likeness (QED) is 0.712. The van der Waals surface area contributed by atoms with E-state index in [0.29, 0.717) is 16.9 Å². The molecule has 2 N–H and O–H groups in total. The summed E-state index contributed by atoms with van der Waals surface area (Å²) in [5.41, 5.74) is 0.931. The molecule has 0 spiro atoms. The Kier molecular flexibility index (Phi) is 5.76. The highest BCUT2D eigenvalue weighted by atomic mass is 32.1. The molecule has 6 heteroatoms. The summed E-state index contributed by atoms with van der Waals surface area (Å²) in [5.74, 6) is -2.33. The average molecular weight is 333 g/mol. The summed E-state index contributed by atoms with van der Waals surface area (Å²) in [6.45, 7) is 0. The Morgan fingerprint density at radius 1 is 1.13 bits per heavy atom. The second-order valence-corrected chi connectivity index (χ2v) is 5.35. The van der Waals surface area contributed by atoms with Gasteiger partial charge in [-0.1, -0.05) is 42.5 Å². The second-order valence-electron chi connectivity index (χ2n) is 4.90. The molecular weight excluding hydrogens is 317 g/mol. The molecule has 0 unspecified atom stereocenters. The molecule has 0 aliphatic heterocycles. The third-order valence-electron chi connectivity index (χ3n) is 3.35. The maximum absolute atomic E-state index is 14.2. The fraction of sp³-hybridized carbons (Fsp3) is 0.176. The first-order chi connectivity index (χ1) is 11.0. The van der Waals surface area contributed by atoms with Gasteiger partial charge in [0.1, 0.15) is 11.9 Å². The normalized spacial score (nSPS) is 11.7. The summed E-state index contributed by atoms with van der Waals surface area (Å²) >= 11 is 3.97. The van der Waals surface area contributed by atoms with Gasteiger partial charge in [-0.15, -0.1) is 0 Å². The Labute approximate surface area is 138 Å². The van der Waals surface area contributed by atoms with Gasteiger partial charge in [-0.05, 0) is 29.4 Å². The van der Waals surface area contributed by atoms with E-state index in [4.69, 9.17) is 5.11 Å². The minimum absolute atomic E-state index is 0.152. The Morgan fingerprint density at radius 3 is 2.43 bits per heavy atom. The van der Waals surface area contributed by atoms with Crippen molar-refractivity contribution in [3.63, 3.8) is 0 Å². The van der Waals surface area contributed by atoms with Gasteiger partial charge >= 0.3 is 5.97 Å². The molecule has 0 aliphatic carbocycles. The van der Waals surface area contributed by atoms with Crippen LogP contribution in [0, 0.1) is 5.82 Å². The number of carboxylic acids is 1. The molecule has 0 aliphatic rings. The Balaban J connectivity index is 2.39. The fourth-order valence-corrected chi connectivity index (χ4v) is 2.49. The molecule has 1 atom stereocenters. The van der Waals surface area contributed by atoms with Crippen LogP contribution in [0.4, 0.5) is 4.39 Å². The van der Waals surface area contributed by atoms with Crippen LogP contribution in [0.25, 0.3) is 11.1 Å². The minimum atomic E-state index is -1.18. The maximum Gasteiger partial charge on any atom is 0.326 e. The van der Waals surface area contributed by atoms with Crippen LogP contribution < -0.4 is 5.32 Å². The maximum atomic E-state index is 14.2. The van der Waals surface area contributed by atoms with Crippen LogP contribution in [0.1, 0.15) is 16.8 Å². The Hall–Kier alpha value is -2.34. The third kappa shape index (κ3) is 4.10. The average Bonchev–Trinajstić information content (AvgIpc) is 2.54. The topological polar surface area (TPSA) is 66.4 Å². The fourth-order valence-electron chi connectivity index (χ4n) is 2.23. The predicted molar refractivity (Wildman–Crippen MR) is 89.2 cm³/mol. The smallest absolute Gasteiger partial charge is 0.326 e. The third-order valence-corrected chi connectivity index (χ3v) is 3.60. The van der Waals surface area contributed by atoms with E-state index in [0.717, 1.165) is 0 Å². The van der Waals surface area contributed by atoms with Crippen LogP contribution in [0.5, 0.6) is 0 Å². The molecule has 0 saturated carbocycles. The zero-order chi connectivity index (χ0) is 16.8. The number of carbonyl (C=O) groups excluding carboxylic acids is 1. The van der Waals surface area contributed by atoms with Crippen LogP contribution in [-0.2, 0) is 4.79 Å². The van der Waals surface area contributed by atoms with E-state index in [1.807, 2.05) is 6.07 Å². The number of hydrogen-bond donors (Lipinski definition) is 3. The lowest BCUT2D eigenvalue weighted by atomic mass is 9.98. The lowest BCUT2D eigenvalue weighted by Crippen LogP contribution is -2.41. The summed E-state index contributed by atoms with van der Waals surface area (Å²) < 4.78 is 14.2. The van der Waals surface area contributed by atoms with Crippen molar-refractivity contribution in [3.05, 3.63) is 59.9 Å². The van der Waals surface area contributed by atoms with Gasteiger partial charge in [-0.2, -0.15) is 12.6 Å². The summed E-state index contributed by atoms with van der Waals surface area (Å²) in [4.78, 5) is 23.6. The van der Waals surface area contributed by atoms with Crippen molar-refractivity contribution >= 4 is 24.5 Å². The highest BCUT2D eigenvalue weighted by molar-refractivity contribution is 7.80. The van der Waals surface area contributed by atoms with Crippen molar-refractivity contribution in [2.24, 2.45) is 0 Å². The van der Waals surface area contributed by atoms with E-state index >= 15 is 0 Å². The van der Waals surface area contributed by atoms with Crippen LogP contribution in [0.3, 0.4) is 0 Å². The van der Waals surface area contributed by atoms with Gasteiger partial charge in [0, 0.05) is 0 Å². The number of thiol groups is 1. The zero-order valence-electron chi connectivity index (χ0n) is 12.2. The molecule has 2 aromatic carbocycles. The van der Waals surface area contributed by atoms with Gasteiger partial charge in [-0.3, -0.25) is 4.79 Å². The van der Waals surface area contributed by atoms with Crippen LogP contribution >= 0.6 is 12.6 Å². The molecule has 1 amide bonds. The van der Waals surface area contributed by atoms with Gasteiger partial charge < -0.3 is 10.4 Å². The molecule has 2 aromatic rings. The summed E-state index contributed by atoms with van der Waals surface area (Å²) in [7, 11) is 0. The minimum Gasteiger partial charge on any atom is -0.480 e. The number of rotatable bonds is 6. The van der Waals surface area contributed by atoms with Crippen LogP contribution in [0.2, 0.25) is 0 Å². The van der Waals surface area contributed by atoms with Crippen molar-refractivity contribution in [3.8, 4) is 11.1 Å². The number of hydrogen-bond acceptors (Lipinski definition) is 3. The molecule has 0 bridgehead atoms. The molecule has 0 fully saturated rings. The van der Waals surface area contributed by atoms with Gasteiger partial charge in [-0.25, -0.2) is 9.18 Å². The molecule has 0 heterocycles. The first kappa shape index (κ1) is 17.0. The van der Waals surface area contributed by atoms with Crippen LogP contribution in [-0.4, -0.2) is 28.8 Å². The van der Waals surface area contributed by atoms with E-state index in [1.54, 1.807) is 30.3 Å². The number of amides is 1. The molecule has 4 nitrogen and oxygen atoms in total. The van der Waals surface area contributed by atoms with E-state index < -0.39 is 23.7 Å². The van der Waals surface area contributed by atoms with Gasteiger partial charge in [0.25, 0.3) is 5.91 Å².